The molecule has 0 spiro atoms. The second-order valence-corrected chi connectivity index (χ2v) is 4.98. The highest BCUT2D eigenvalue weighted by atomic mass is 79.9. The number of rotatable bonds is 1. The molecule has 0 saturated heterocycles. The second kappa shape index (κ2) is 4.09. The first-order chi connectivity index (χ1) is 6.48. The molecule has 0 unspecified atom stereocenters. The van der Waals surface area contributed by atoms with Crippen molar-refractivity contribution in [1.82, 2.24) is 9.97 Å². The third-order valence-corrected chi connectivity index (χ3v) is 3.06. The highest BCUT2D eigenvalue weighted by Gasteiger charge is 2.16. The molecule has 0 amide bonds. The second-order valence-electron chi connectivity index (χ2n) is 2.68. The van der Waals surface area contributed by atoms with E-state index < -0.39 is 10.1 Å². The number of nitrogens with one attached hydrogen (secondary N) is 1. The topological polar surface area (TPSA) is 83.0 Å². The molecule has 0 aliphatic heterocycles. The molecule has 15 heavy (non-hydrogen) atoms. The predicted octanol–water partition coefficient (Wildman–Crippen LogP) is 1.99. The van der Waals surface area contributed by atoms with E-state index in [1.165, 1.54) is 12.4 Å². The number of aromatic nitrogens is 2. The first kappa shape index (κ1) is 12.4. The lowest BCUT2D eigenvalue weighted by atomic mass is 10.3. The summed E-state index contributed by atoms with van der Waals surface area (Å²) in [6.45, 7) is 0. The molecule has 0 aliphatic rings. The van der Waals surface area contributed by atoms with Gasteiger partial charge in [-0.05, 0) is 22.0 Å². The van der Waals surface area contributed by atoms with Crippen LogP contribution in [0, 0.1) is 0 Å². The molecule has 2 aromatic heterocycles. The number of nitrogens with zero attached hydrogens (tertiary/aromatic N) is 1. The van der Waals surface area contributed by atoms with Crippen molar-refractivity contribution in [2.24, 2.45) is 0 Å². The van der Waals surface area contributed by atoms with Crippen LogP contribution >= 0.6 is 28.3 Å². The van der Waals surface area contributed by atoms with Crippen LogP contribution in [0.5, 0.6) is 0 Å². The zero-order valence-electron chi connectivity index (χ0n) is 7.14. The molecule has 0 aliphatic carbocycles. The van der Waals surface area contributed by atoms with E-state index in [0.717, 1.165) is 0 Å². The molecule has 5 nitrogen and oxygen atoms in total. The molecular formula is C7H6BrClN2O3S. The smallest absolute Gasteiger partial charge is 0.296 e. The van der Waals surface area contributed by atoms with Gasteiger partial charge in [-0.2, -0.15) is 8.42 Å². The van der Waals surface area contributed by atoms with Crippen molar-refractivity contribution < 1.29 is 13.0 Å². The molecule has 8 heteroatoms. The lowest BCUT2D eigenvalue weighted by molar-refractivity contribution is 0.484. The van der Waals surface area contributed by atoms with E-state index in [4.69, 9.17) is 4.55 Å². The molecular weight excluding hydrogens is 308 g/mol. The lowest BCUT2D eigenvalue weighted by Crippen LogP contribution is -1.96. The Morgan fingerprint density at radius 2 is 2.13 bits per heavy atom. The molecule has 2 aromatic rings. The first-order valence-corrected chi connectivity index (χ1v) is 5.82. The van der Waals surface area contributed by atoms with Crippen molar-refractivity contribution in [2.75, 3.05) is 0 Å². The Labute approximate surface area is 100 Å². The van der Waals surface area contributed by atoms with Gasteiger partial charge in [-0.1, -0.05) is 0 Å². The standard InChI is InChI=1S/C7H5BrN2O3S.ClH/c8-4-1-5-6(14(11,12)13)3-10-7(5)9-2-4;/h1-3H,(H,9,10)(H,11,12,13);1H. The fraction of sp³-hybridized carbons (Fsp3) is 0. The highest BCUT2D eigenvalue weighted by molar-refractivity contribution is 9.10. The SMILES string of the molecule is Cl.O=S(=O)(O)c1c[nH]c2ncc(Br)cc12. The monoisotopic (exact) mass is 312 g/mol. The van der Waals surface area contributed by atoms with Gasteiger partial charge in [0.05, 0.1) is 0 Å². The van der Waals surface area contributed by atoms with Crippen LogP contribution in [0.4, 0.5) is 0 Å². The molecule has 2 rings (SSSR count). The first-order valence-electron chi connectivity index (χ1n) is 3.58. The molecule has 2 N–H and O–H groups in total. The Kier molecular flexibility index (Phi) is 3.39. The van der Waals surface area contributed by atoms with Crippen molar-refractivity contribution in [3.8, 4) is 0 Å². The van der Waals surface area contributed by atoms with E-state index >= 15 is 0 Å². The maximum atomic E-state index is 10.9. The molecule has 82 valence electrons. The summed E-state index contributed by atoms with van der Waals surface area (Å²) in [5, 5.41) is 0.363. The van der Waals surface area contributed by atoms with Crippen molar-refractivity contribution in [3.63, 3.8) is 0 Å². The van der Waals surface area contributed by atoms with Gasteiger partial charge in [-0.3, -0.25) is 4.55 Å². The van der Waals surface area contributed by atoms with Gasteiger partial charge in [-0.15, -0.1) is 12.4 Å². The fourth-order valence-electron chi connectivity index (χ4n) is 1.17. The predicted molar refractivity (Wildman–Crippen MR) is 60.9 cm³/mol. The van der Waals surface area contributed by atoms with Crippen molar-refractivity contribution >= 4 is 49.5 Å². The van der Waals surface area contributed by atoms with Crippen LogP contribution in [0.3, 0.4) is 0 Å². The Morgan fingerprint density at radius 1 is 1.47 bits per heavy atom. The summed E-state index contributed by atoms with van der Waals surface area (Å²) >= 11 is 3.17. The average molecular weight is 314 g/mol. The number of H-pyrrole nitrogens is 1. The third kappa shape index (κ3) is 2.31. The summed E-state index contributed by atoms with van der Waals surface area (Å²) < 4.78 is 31.3. The van der Waals surface area contributed by atoms with Gasteiger partial charge in [0, 0.05) is 22.3 Å². The van der Waals surface area contributed by atoms with Crippen LogP contribution < -0.4 is 0 Å². The molecule has 0 aromatic carbocycles. The third-order valence-electron chi connectivity index (χ3n) is 1.74. The minimum Gasteiger partial charge on any atom is -0.345 e. The minimum atomic E-state index is -4.19. The largest absolute Gasteiger partial charge is 0.345 e. The Hall–Kier alpha value is -0.630. The summed E-state index contributed by atoms with van der Waals surface area (Å²) in [7, 11) is -4.19. The minimum absolute atomic E-state index is 0. The van der Waals surface area contributed by atoms with Crippen LogP contribution in [-0.4, -0.2) is 22.9 Å². The molecule has 0 radical (unpaired) electrons. The van der Waals surface area contributed by atoms with E-state index in [1.807, 2.05) is 0 Å². The number of fused-ring (bicyclic) bond motifs is 1. The van der Waals surface area contributed by atoms with Crippen molar-refractivity contribution in [2.45, 2.75) is 4.90 Å². The molecule has 2 heterocycles. The quantitative estimate of drug-likeness (QED) is 0.789. The van der Waals surface area contributed by atoms with Gasteiger partial charge in [0.2, 0.25) is 0 Å². The maximum absolute atomic E-state index is 10.9. The molecule has 0 fully saturated rings. The van der Waals surface area contributed by atoms with Gasteiger partial charge >= 0.3 is 0 Å². The maximum Gasteiger partial charge on any atom is 0.296 e. The Morgan fingerprint density at radius 3 is 2.73 bits per heavy atom. The average Bonchev–Trinajstić information content (AvgIpc) is 2.45. The highest BCUT2D eigenvalue weighted by Crippen LogP contribution is 2.23. The van der Waals surface area contributed by atoms with Gasteiger partial charge in [-0.25, -0.2) is 4.98 Å². The number of pyridine rings is 1. The Balaban J connectivity index is 0.00000112. The number of hydrogen-bond acceptors (Lipinski definition) is 3. The van der Waals surface area contributed by atoms with Crippen LogP contribution in [0.15, 0.2) is 27.8 Å². The number of halogens is 2. The van der Waals surface area contributed by atoms with Crippen molar-refractivity contribution in [1.29, 1.82) is 0 Å². The van der Waals surface area contributed by atoms with E-state index in [1.54, 1.807) is 6.07 Å². The summed E-state index contributed by atoms with van der Waals surface area (Å²) in [4.78, 5) is 6.42. The molecule has 0 bridgehead atoms. The van der Waals surface area contributed by atoms with E-state index in [9.17, 15) is 8.42 Å². The summed E-state index contributed by atoms with van der Waals surface area (Å²) in [5.41, 5.74) is 0.417. The zero-order valence-corrected chi connectivity index (χ0v) is 10.4. The van der Waals surface area contributed by atoms with Crippen LogP contribution in [0.25, 0.3) is 11.0 Å². The van der Waals surface area contributed by atoms with Crippen LogP contribution in [0.2, 0.25) is 0 Å². The summed E-state index contributed by atoms with van der Waals surface area (Å²) in [6.07, 6.45) is 2.74. The normalized spacial score (nSPS) is 11.3. The Bertz CT molecular complexity index is 595. The van der Waals surface area contributed by atoms with Gasteiger partial charge in [0.1, 0.15) is 10.5 Å². The van der Waals surface area contributed by atoms with E-state index in [-0.39, 0.29) is 17.3 Å². The van der Waals surface area contributed by atoms with Crippen LogP contribution in [0.1, 0.15) is 0 Å². The fourth-order valence-corrected chi connectivity index (χ4v) is 2.14. The van der Waals surface area contributed by atoms with E-state index in [0.29, 0.717) is 15.5 Å². The zero-order chi connectivity index (χ0) is 10.3. The van der Waals surface area contributed by atoms with Crippen molar-refractivity contribution in [3.05, 3.63) is 22.9 Å². The summed E-state index contributed by atoms with van der Waals surface area (Å²) in [5.74, 6) is 0. The molecule has 0 atom stereocenters. The summed E-state index contributed by atoms with van der Waals surface area (Å²) in [6, 6.07) is 1.57. The number of aromatic amines is 1. The lowest BCUT2D eigenvalue weighted by Gasteiger charge is -1.94. The number of hydrogen-bond donors (Lipinski definition) is 2. The van der Waals surface area contributed by atoms with Gasteiger partial charge in [0.25, 0.3) is 10.1 Å². The van der Waals surface area contributed by atoms with Gasteiger partial charge < -0.3 is 4.98 Å². The molecule has 0 saturated carbocycles. The van der Waals surface area contributed by atoms with E-state index in [2.05, 4.69) is 25.9 Å². The van der Waals surface area contributed by atoms with Crippen LogP contribution in [-0.2, 0) is 10.1 Å². The van der Waals surface area contributed by atoms with Gasteiger partial charge in [0.15, 0.2) is 0 Å².